The summed E-state index contributed by atoms with van der Waals surface area (Å²) in [6.45, 7) is 0. The molecule has 0 radical (unpaired) electrons. The zero-order chi connectivity index (χ0) is 18.7. The van der Waals surface area contributed by atoms with E-state index in [0.717, 1.165) is 5.56 Å². The number of carbonyl (C=O) groups excluding carboxylic acids is 2. The molecule has 0 fully saturated rings. The molecule has 0 aliphatic carbocycles. The Morgan fingerprint density at radius 3 is 2.54 bits per heavy atom. The number of pyridine rings is 1. The largest absolute Gasteiger partial charge is 0.465 e. The smallest absolute Gasteiger partial charge is 0.337 e. The molecule has 8 heteroatoms. The Bertz CT molecular complexity index is 970. The highest BCUT2D eigenvalue weighted by Crippen LogP contribution is 2.23. The Kier molecular flexibility index (Phi) is 4.99. The van der Waals surface area contributed by atoms with Crippen molar-refractivity contribution in [1.29, 1.82) is 0 Å². The Balaban J connectivity index is 1.82. The first kappa shape index (κ1) is 17.6. The molecule has 2 aromatic heterocycles. The lowest BCUT2D eigenvalue weighted by molar-refractivity contribution is 0.0600. The van der Waals surface area contributed by atoms with E-state index in [1.165, 1.54) is 25.3 Å². The van der Waals surface area contributed by atoms with Crippen molar-refractivity contribution in [2.45, 2.75) is 0 Å². The van der Waals surface area contributed by atoms with E-state index in [9.17, 15) is 9.59 Å². The number of carbonyl (C=O) groups is 2. The number of nitrogens with zero attached hydrogens (tertiary/aromatic N) is 3. The van der Waals surface area contributed by atoms with E-state index in [-0.39, 0.29) is 16.1 Å². The van der Waals surface area contributed by atoms with Crippen molar-refractivity contribution in [3.63, 3.8) is 0 Å². The molecule has 0 atom stereocenters. The Hall–Kier alpha value is -3.19. The lowest BCUT2D eigenvalue weighted by Gasteiger charge is -2.08. The Labute approximate surface area is 154 Å². The lowest BCUT2D eigenvalue weighted by atomic mass is 10.1. The molecule has 0 aliphatic heterocycles. The maximum Gasteiger partial charge on any atom is 0.337 e. The molecule has 0 bridgehead atoms. The number of methoxy groups -OCH3 is 1. The number of aromatic nitrogens is 3. The first-order valence-corrected chi connectivity index (χ1v) is 8.01. The molecule has 7 nitrogen and oxygen atoms in total. The summed E-state index contributed by atoms with van der Waals surface area (Å²) in [4.78, 5) is 28.0. The van der Waals surface area contributed by atoms with Gasteiger partial charge in [0.05, 0.1) is 29.0 Å². The fraction of sp³-hybridized carbons (Fsp3) is 0.111. The van der Waals surface area contributed by atoms with E-state index < -0.39 is 11.9 Å². The van der Waals surface area contributed by atoms with Crippen LogP contribution in [0.15, 0.2) is 48.8 Å². The highest BCUT2D eigenvalue weighted by atomic mass is 35.5. The van der Waals surface area contributed by atoms with Crippen molar-refractivity contribution in [2.24, 2.45) is 7.05 Å². The number of amides is 1. The van der Waals surface area contributed by atoms with Crippen LogP contribution in [0.25, 0.3) is 11.3 Å². The summed E-state index contributed by atoms with van der Waals surface area (Å²) in [6.07, 6.45) is 3.34. The van der Waals surface area contributed by atoms with Crippen molar-refractivity contribution in [2.75, 3.05) is 12.4 Å². The summed E-state index contributed by atoms with van der Waals surface area (Å²) >= 11 is 6.13. The summed E-state index contributed by atoms with van der Waals surface area (Å²) < 4.78 is 6.19. The zero-order valence-electron chi connectivity index (χ0n) is 14.1. The highest BCUT2D eigenvalue weighted by Gasteiger charge is 2.16. The maximum atomic E-state index is 12.5. The van der Waals surface area contributed by atoms with E-state index in [2.05, 4.69) is 20.1 Å². The van der Waals surface area contributed by atoms with Gasteiger partial charge in [-0.1, -0.05) is 11.6 Å². The second kappa shape index (κ2) is 7.37. The van der Waals surface area contributed by atoms with E-state index in [1.54, 1.807) is 30.2 Å². The number of esters is 1. The fourth-order valence-corrected chi connectivity index (χ4v) is 2.64. The fourth-order valence-electron chi connectivity index (χ4n) is 2.38. The van der Waals surface area contributed by atoms with Crippen LogP contribution < -0.4 is 5.32 Å². The second-order valence-electron chi connectivity index (χ2n) is 5.41. The molecule has 3 aromatic rings. The summed E-state index contributed by atoms with van der Waals surface area (Å²) in [5.41, 5.74) is 2.11. The molecule has 0 spiro atoms. The van der Waals surface area contributed by atoms with Gasteiger partial charge >= 0.3 is 5.97 Å². The van der Waals surface area contributed by atoms with Crippen LogP contribution in [0.1, 0.15) is 20.7 Å². The van der Waals surface area contributed by atoms with Gasteiger partial charge in [0.1, 0.15) is 5.82 Å². The van der Waals surface area contributed by atoms with E-state index in [0.29, 0.717) is 11.5 Å². The van der Waals surface area contributed by atoms with Crippen LogP contribution in [0.3, 0.4) is 0 Å². The van der Waals surface area contributed by atoms with Gasteiger partial charge in [0.25, 0.3) is 5.91 Å². The number of anilines is 1. The minimum Gasteiger partial charge on any atom is -0.465 e. The molecule has 1 aromatic carbocycles. The van der Waals surface area contributed by atoms with Crippen molar-refractivity contribution >= 4 is 29.3 Å². The monoisotopic (exact) mass is 370 g/mol. The summed E-state index contributed by atoms with van der Waals surface area (Å²) in [7, 11) is 3.00. The molecule has 0 saturated heterocycles. The van der Waals surface area contributed by atoms with Crippen LogP contribution in [-0.2, 0) is 11.8 Å². The average molecular weight is 371 g/mol. The molecule has 3 rings (SSSR count). The number of ether oxygens (including phenoxy) is 1. The van der Waals surface area contributed by atoms with Gasteiger partial charge < -0.3 is 10.1 Å². The minimum absolute atomic E-state index is 0.155. The number of halogens is 1. The molecule has 132 valence electrons. The van der Waals surface area contributed by atoms with E-state index >= 15 is 0 Å². The third kappa shape index (κ3) is 3.57. The van der Waals surface area contributed by atoms with Crippen LogP contribution in [0, 0.1) is 0 Å². The minimum atomic E-state index is -0.521. The van der Waals surface area contributed by atoms with Gasteiger partial charge in [0.15, 0.2) is 0 Å². The third-order valence-corrected chi connectivity index (χ3v) is 4.05. The van der Waals surface area contributed by atoms with Gasteiger partial charge in [0, 0.05) is 31.1 Å². The number of hydrogen-bond acceptors (Lipinski definition) is 5. The molecule has 2 heterocycles. The molecular formula is C18H15ClN4O3. The van der Waals surface area contributed by atoms with Crippen LogP contribution in [0.5, 0.6) is 0 Å². The van der Waals surface area contributed by atoms with Crippen LogP contribution in [0.4, 0.5) is 5.82 Å². The van der Waals surface area contributed by atoms with Crippen molar-refractivity contribution in [3.8, 4) is 11.3 Å². The zero-order valence-corrected chi connectivity index (χ0v) is 14.8. The molecule has 0 saturated carbocycles. The first-order valence-electron chi connectivity index (χ1n) is 7.63. The number of benzene rings is 1. The number of rotatable bonds is 4. The van der Waals surface area contributed by atoms with Crippen molar-refractivity contribution < 1.29 is 14.3 Å². The van der Waals surface area contributed by atoms with Gasteiger partial charge in [-0.15, -0.1) is 0 Å². The van der Waals surface area contributed by atoms with Crippen LogP contribution in [-0.4, -0.2) is 33.8 Å². The second-order valence-corrected chi connectivity index (χ2v) is 5.82. The van der Waals surface area contributed by atoms with Gasteiger partial charge in [-0.2, -0.15) is 5.10 Å². The molecular weight excluding hydrogens is 356 g/mol. The number of hydrogen-bond donors (Lipinski definition) is 1. The number of aryl methyl sites for hydroxylation is 1. The summed E-state index contributed by atoms with van der Waals surface area (Å²) in [6, 6.07) is 9.77. The first-order chi connectivity index (χ1) is 12.5. The molecule has 1 N–H and O–H groups in total. The predicted octanol–water partition coefficient (Wildman–Crippen LogP) is 3.17. The average Bonchev–Trinajstić information content (AvgIpc) is 3.02. The lowest BCUT2D eigenvalue weighted by Crippen LogP contribution is -2.15. The molecule has 1 amide bonds. The van der Waals surface area contributed by atoms with Crippen LogP contribution >= 0.6 is 11.6 Å². The topological polar surface area (TPSA) is 86.1 Å². The third-order valence-electron chi connectivity index (χ3n) is 3.73. The molecule has 26 heavy (non-hydrogen) atoms. The van der Waals surface area contributed by atoms with Gasteiger partial charge in [-0.3, -0.25) is 14.5 Å². The van der Waals surface area contributed by atoms with Gasteiger partial charge in [0.2, 0.25) is 0 Å². The van der Waals surface area contributed by atoms with Crippen molar-refractivity contribution in [1.82, 2.24) is 14.8 Å². The molecule has 0 unspecified atom stereocenters. The standard InChI is InChI=1S/C18H15ClN4O3/c1-23-16(10-15(22-23)11-5-7-20-8-6-11)21-17(24)13-4-3-12(9-14(13)19)18(25)26-2/h3-10H,1-2H3,(H,21,24). The van der Waals surface area contributed by atoms with Crippen molar-refractivity contribution in [3.05, 3.63) is 64.9 Å². The Morgan fingerprint density at radius 2 is 1.88 bits per heavy atom. The Morgan fingerprint density at radius 1 is 1.15 bits per heavy atom. The van der Waals surface area contributed by atoms with Crippen LogP contribution in [0.2, 0.25) is 5.02 Å². The van der Waals surface area contributed by atoms with Gasteiger partial charge in [-0.05, 0) is 30.3 Å². The highest BCUT2D eigenvalue weighted by molar-refractivity contribution is 6.34. The SMILES string of the molecule is COC(=O)c1ccc(C(=O)Nc2cc(-c3ccncc3)nn2C)c(Cl)c1. The predicted molar refractivity (Wildman–Crippen MR) is 97.2 cm³/mol. The summed E-state index contributed by atoms with van der Waals surface area (Å²) in [5, 5.41) is 7.30. The normalized spacial score (nSPS) is 10.4. The van der Waals surface area contributed by atoms with E-state index in [4.69, 9.17) is 11.6 Å². The quantitative estimate of drug-likeness (QED) is 0.713. The van der Waals surface area contributed by atoms with E-state index in [1.807, 2.05) is 12.1 Å². The maximum absolute atomic E-state index is 12.5. The molecule has 0 aliphatic rings. The summed E-state index contributed by atoms with van der Waals surface area (Å²) in [5.74, 6) is -0.418. The number of nitrogens with one attached hydrogen (secondary N) is 1. The van der Waals surface area contributed by atoms with Gasteiger partial charge in [-0.25, -0.2) is 4.79 Å².